The first-order valence-corrected chi connectivity index (χ1v) is 7.24. The summed E-state index contributed by atoms with van der Waals surface area (Å²) >= 11 is 1.90. The van der Waals surface area contributed by atoms with E-state index in [1.165, 1.54) is 18.6 Å². The molecule has 0 atom stereocenters. The molecule has 0 aliphatic heterocycles. The molecular formula is C13H17N3S. The number of fused-ring (bicyclic) bond motifs is 1. The molecule has 0 radical (unpaired) electrons. The van der Waals surface area contributed by atoms with Gasteiger partial charge in [-0.15, -0.1) is 0 Å². The van der Waals surface area contributed by atoms with Gasteiger partial charge < -0.3 is 5.32 Å². The fraction of sp³-hybridized carbons (Fsp3) is 0.385. The highest BCUT2D eigenvalue weighted by molar-refractivity contribution is 7.98. The molecule has 3 nitrogen and oxygen atoms in total. The van der Waals surface area contributed by atoms with Crippen LogP contribution in [0.1, 0.15) is 12.8 Å². The van der Waals surface area contributed by atoms with Crippen LogP contribution in [0.15, 0.2) is 30.5 Å². The Morgan fingerprint density at radius 2 is 2.12 bits per heavy atom. The minimum atomic E-state index is 0.946. The highest BCUT2D eigenvalue weighted by atomic mass is 32.2. The normalized spacial score (nSPS) is 10.6. The fourth-order valence-electron chi connectivity index (χ4n) is 1.74. The van der Waals surface area contributed by atoms with Crippen molar-refractivity contribution in [3.63, 3.8) is 0 Å². The highest BCUT2D eigenvalue weighted by Gasteiger charge is 2.00. The second-order valence-corrected chi connectivity index (χ2v) is 4.89. The molecule has 0 aliphatic carbocycles. The van der Waals surface area contributed by atoms with Crippen LogP contribution in [-0.2, 0) is 0 Å². The molecule has 2 aromatic rings. The van der Waals surface area contributed by atoms with E-state index in [0.717, 1.165) is 23.1 Å². The van der Waals surface area contributed by atoms with Crippen LogP contribution in [0.2, 0.25) is 0 Å². The molecular weight excluding hydrogens is 230 g/mol. The van der Waals surface area contributed by atoms with E-state index < -0.39 is 0 Å². The zero-order valence-electron chi connectivity index (χ0n) is 10.0. The average molecular weight is 247 g/mol. The van der Waals surface area contributed by atoms with Crippen LogP contribution in [0, 0.1) is 0 Å². The molecule has 1 aromatic heterocycles. The monoisotopic (exact) mass is 247 g/mol. The molecule has 0 aliphatic rings. The first-order chi connectivity index (χ1) is 8.42. The van der Waals surface area contributed by atoms with Crippen molar-refractivity contribution in [1.29, 1.82) is 0 Å². The van der Waals surface area contributed by atoms with E-state index in [-0.39, 0.29) is 0 Å². The molecule has 2 rings (SSSR count). The van der Waals surface area contributed by atoms with Gasteiger partial charge in [-0.05, 0) is 30.9 Å². The Kier molecular flexibility index (Phi) is 4.62. The second-order valence-electron chi connectivity index (χ2n) is 3.90. The lowest BCUT2D eigenvalue weighted by Gasteiger charge is -2.07. The summed E-state index contributed by atoms with van der Waals surface area (Å²) in [5.41, 5.74) is 2.03. The molecule has 17 heavy (non-hydrogen) atoms. The number of hydrogen-bond acceptors (Lipinski definition) is 4. The van der Waals surface area contributed by atoms with Crippen molar-refractivity contribution >= 4 is 28.4 Å². The summed E-state index contributed by atoms with van der Waals surface area (Å²) in [6, 6.07) is 8.08. The Morgan fingerprint density at radius 3 is 3.00 bits per heavy atom. The minimum Gasteiger partial charge on any atom is -0.383 e. The Morgan fingerprint density at radius 1 is 1.24 bits per heavy atom. The first kappa shape index (κ1) is 12.2. The summed E-state index contributed by atoms with van der Waals surface area (Å²) in [6.45, 7) is 0.996. The van der Waals surface area contributed by atoms with Crippen LogP contribution in [0.25, 0.3) is 10.9 Å². The zero-order chi connectivity index (χ0) is 11.9. The van der Waals surface area contributed by atoms with E-state index in [4.69, 9.17) is 0 Å². The van der Waals surface area contributed by atoms with Gasteiger partial charge in [-0.3, -0.25) is 0 Å². The van der Waals surface area contributed by atoms with Crippen LogP contribution in [0.5, 0.6) is 0 Å². The summed E-state index contributed by atoms with van der Waals surface area (Å²) in [6.07, 6.45) is 6.40. The van der Waals surface area contributed by atoms with Crippen LogP contribution in [-0.4, -0.2) is 28.8 Å². The lowest BCUT2D eigenvalue weighted by Crippen LogP contribution is -2.03. The maximum absolute atomic E-state index is 4.11. The standard InChI is InChI=1S/C13H17N3S/c1-17-9-5-4-8-14-13-10-15-16-12-7-3-2-6-11(12)13/h2-3,6-7,10H,4-5,8-9H2,1H3,(H,14,16). The molecule has 0 saturated carbocycles. The summed E-state index contributed by atoms with van der Waals surface area (Å²) < 4.78 is 0. The van der Waals surface area contributed by atoms with Gasteiger partial charge in [-0.1, -0.05) is 18.2 Å². The third-order valence-corrected chi connectivity index (χ3v) is 3.33. The number of thioether (sulfide) groups is 1. The van der Waals surface area contributed by atoms with Gasteiger partial charge in [0.05, 0.1) is 17.4 Å². The lowest BCUT2D eigenvalue weighted by atomic mass is 10.2. The number of aromatic nitrogens is 2. The van der Waals surface area contributed by atoms with Crippen LogP contribution in [0.4, 0.5) is 5.69 Å². The Bertz CT molecular complexity index is 468. The second kappa shape index (κ2) is 6.45. The van der Waals surface area contributed by atoms with Crippen LogP contribution < -0.4 is 5.32 Å². The third-order valence-electron chi connectivity index (χ3n) is 2.64. The Balaban J connectivity index is 1.98. The largest absolute Gasteiger partial charge is 0.383 e. The van der Waals surface area contributed by atoms with Gasteiger partial charge in [0, 0.05) is 11.9 Å². The predicted octanol–water partition coefficient (Wildman–Crippen LogP) is 3.18. The van der Waals surface area contributed by atoms with Gasteiger partial charge in [0.2, 0.25) is 0 Å². The van der Waals surface area contributed by atoms with Crippen molar-refractivity contribution in [3.8, 4) is 0 Å². The van der Waals surface area contributed by atoms with E-state index >= 15 is 0 Å². The number of unbranched alkanes of at least 4 members (excludes halogenated alkanes) is 1. The summed E-state index contributed by atoms with van der Waals surface area (Å²) in [4.78, 5) is 0. The fourth-order valence-corrected chi connectivity index (χ4v) is 2.24. The molecule has 0 amide bonds. The van der Waals surface area contributed by atoms with Crippen LogP contribution >= 0.6 is 11.8 Å². The van der Waals surface area contributed by atoms with Gasteiger partial charge >= 0.3 is 0 Å². The maximum Gasteiger partial charge on any atom is 0.0950 e. The molecule has 1 heterocycles. The average Bonchev–Trinajstić information content (AvgIpc) is 2.39. The van der Waals surface area contributed by atoms with Crippen molar-refractivity contribution in [2.45, 2.75) is 12.8 Å². The smallest absolute Gasteiger partial charge is 0.0950 e. The first-order valence-electron chi connectivity index (χ1n) is 5.85. The molecule has 0 unspecified atom stereocenters. The van der Waals surface area contributed by atoms with Gasteiger partial charge in [0.1, 0.15) is 0 Å². The number of rotatable bonds is 6. The van der Waals surface area contributed by atoms with Gasteiger partial charge in [-0.25, -0.2) is 0 Å². The molecule has 90 valence electrons. The number of nitrogens with one attached hydrogen (secondary N) is 1. The van der Waals surface area contributed by atoms with Crippen molar-refractivity contribution in [2.75, 3.05) is 23.9 Å². The molecule has 0 spiro atoms. The van der Waals surface area contributed by atoms with Crippen molar-refractivity contribution < 1.29 is 0 Å². The minimum absolute atomic E-state index is 0.946. The number of benzene rings is 1. The Hall–Kier alpha value is -1.29. The topological polar surface area (TPSA) is 37.8 Å². The van der Waals surface area contributed by atoms with E-state index in [9.17, 15) is 0 Å². The highest BCUT2D eigenvalue weighted by Crippen LogP contribution is 2.19. The van der Waals surface area contributed by atoms with Gasteiger partial charge in [0.15, 0.2) is 0 Å². The summed E-state index contributed by atoms with van der Waals surface area (Å²) in [7, 11) is 0. The summed E-state index contributed by atoms with van der Waals surface area (Å²) in [5.74, 6) is 1.23. The molecule has 4 heteroatoms. The zero-order valence-corrected chi connectivity index (χ0v) is 10.8. The molecule has 1 aromatic carbocycles. The Labute approximate surface area is 106 Å². The van der Waals surface area contributed by atoms with Gasteiger partial charge in [-0.2, -0.15) is 22.0 Å². The van der Waals surface area contributed by atoms with E-state index in [1.807, 2.05) is 30.0 Å². The van der Waals surface area contributed by atoms with Crippen molar-refractivity contribution in [3.05, 3.63) is 30.5 Å². The van der Waals surface area contributed by atoms with E-state index in [1.54, 1.807) is 6.20 Å². The molecule has 0 fully saturated rings. The van der Waals surface area contributed by atoms with E-state index in [0.29, 0.717) is 0 Å². The number of anilines is 1. The van der Waals surface area contributed by atoms with E-state index in [2.05, 4.69) is 27.8 Å². The number of nitrogens with zero attached hydrogens (tertiary/aromatic N) is 2. The van der Waals surface area contributed by atoms with Crippen molar-refractivity contribution in [2.24, 2.45) is 0 Å². The molecule has 0 bridgehead atoms. The summed E-state index contributed by atoms with van der Waals surface area (Å²) in [5, 5.41) is 12.7. The SMILES string of the molecule is CSCCCCNc1cnnc2ccccc12. The quantitative estimate of drug-likeness (QED) is 0.796. The van der Waals surface area contributed by atoms with Crippen molar-refractivity contribution in [1.82, 2.24) is 10.2 Å². The van der Waals surface area contributed by atoms with Crippen LogP contribution in [0.3, 0.4) is 0 Å². The maximum atomic E-state index is 4.11. The lowest BCUT2D eigenvalue weighted by molar-refractivity contribution is 0.843. The number of hydrogen-bond donors (Lipinski definition) is 1. The molecule has 1 N–H and O–H groups in total. The van der Waals surface area contributed by atoms with Gasteiger partial charge in [0.25, 0.3) is 0 Å². The third kappa shape index (κ3) is 3.33. The predicted molar refractivity (Wildman–Crippen MR) is 75.6 cm³/mol. The molecule has 0 saturated heterocycles.